The van der Waals surface area contributed by atoms with E-state index in [1.807, 2.05) is 6.92 Å². The highest BCUT2D eigenvalue weighted by Crippen LogP contribution is 2.11. The van der Waals surface area contributed by atoms with Crippen molar-refractivity contribution in [3.63, 3.8) is 0 Å². The molecule has 1 aromatic rings. The minimum atomic E-state index is -1.06. The summed E-state index contributed by atoms with van der Waals surface area (Å²) in [7, 11) is 1.53. The minimum absolute atomic E-state index is 0.121. The first kappa shape index (κ1) is 16.2. The molecule has 0 saturated carbocycles. The van der Waals surface area contributed by atoms with Gasteiger partial charge in [-0.05, 0) is 17.9 Å². The molecule has 20 heavy (non-hydrogen) atoms. The maximum atomic E-state index is 12.0. The van der Waals surface area contributed by atoms with Gasteiger partial charge < -0.3 is 14.9 Å². The van der Waals surface area contributed by atoms with E-state index in [4.69, 9.17) is 5.11 Å². The van der Waals surface area contributed by atoms with Crippen molar-refractivity contribution in [3.8, 4) is 0 Å². The number of hydrogen-bond donors (Lipinski definition) is 1. The van der Waals surface area contributed by atoms with Gasteiger partial charge in [0.05, 0.1) is 11.4 Å². The summed E-state index contributed by atoms with van der Waals surface area (Å²) in [6.45, 7) is 1.77. The topological polar surface area (TPSA) is 77.9 Å². The van der Waals surface area contributed by atoms with Crippen LogP contribution >= 0.6 is 11.3 Å². The molecule has 1 heterocycles. The Labute approximate surface area is 121 Å². The van der Waals surface area contributed by atoms with E-state index in [0.29, 0.717) is 17.8 Å². The highest BCUT2D eigenvalue weighted by molar-refractivity contribution is 7.12. The summed E-state index contributed by atoms with van der Waals surface area (Å²) in [5.41, 5.74) is 0. The predicted molar refractivity (Wildman–Crippen MR) is 75.8 cm³/mol. The number of rotatable bonds is 7. The lowest BCUT2D eigenvalue weighted by molar-refractivity contribution is -0.144. The summed E-state index contributed by atoms with van der Waals surface area (Å²) in [5, 5.41) is 10.6. The van der Waals surface area contributed by atoms with Crippen LogP contribution in [0.4, 0.5) is 0 Å². The van der Waals surface area contributed by atoms with Crippen molar-refractivity contribution in [2.75, 3.05) is 26.7 Å². The molecule has 1 aromatic heterocycles. The molecule has 0 fully saturated rings. The molecular weight excluding hydrogens is 280 g/mol. The number of likely N-dealkylation sites (N-methyl/N-ethyl adjacent to an activating group) is 1. The molecule has 1 N–H and O–H groups in total. The van der Waals surface area contributed by atoms with Crippen molar-refractivity contribution >= 4 is 29.1 Å². The quantitative estimate of drug-likeness (QED) is 0.819. The molecular formula is C13H18N2O4S. The Morgan fingerprint density at radius 2 is 2.00 bits per heavy atom. The van der Waals surface area contributed by atoms with Gasteiger partial charge in [-0.2, -0.15) is 0 Å². The smallest absolute Gasteiger partial charge is 0.323 e. The summed E-state index contributed by atoms with van der Waals surface area (Å²) < 4.78 is 0. The molecule has 7 heteroatoms. The molecule has 110 valence electrons. The predicted octanol–water partition coefficient (Wildman–Crippen LogP) is 1.14. The lowest BCUT2D eigenvalue weighted by Gasteiger charge is -2.23. The normalized spacial score (nSPS) is 10.1. The van der Waals surface area contributed by atoms with Crippen LogP contribution in [0.5, 0.6) is 0 Å². The van der Waals surface area contributed by atoms with E-state index in [1.54, 1.807) is 17.5 Å². The van der Waals surface area contributed by atoms with Crippen LogP contribution in [0, 0.1) is 0 Å². The lowest BCUT2D eigenvalue weighted by Crippen LogP contribution is -2.43. The van der Waals surface area contributed by atoms with Gasteiger partial charge in [-0.15, -0.1) is 11.3 Å². The van der Waals surface area contributed by atoms with Crippen LogP contribution in [-0.4, -0.2) is 59.4 Å². The molecule has 0 aliphatic carbocycles. The van der Waals surface area contributed by atoms with Crippen LogP contribution in [0.1, 0.15) is 23.0 Å². The molecule has 6 nitrogen and oxygen atoms in total. The second kappa shape index (κ2) is 7.64. The number of hydrogen-bond acceptors (Lipinski definition) is 4. The third-order valence-corrected chi connectivity index (χ3v) is 3.48. The first-order valence-corrected chi connectivity index (χ1v) is 7.12. The number of carboxylic acid groups (broad SMARTS) is 1. The van der Waals surface area contributed by atoms with E-state index in [0.717, 1.165) is 0 Å². The van der Waals surface area contributed by atoms with Gasteiger partial charge in [0.25, 0.3) is 5.91 Å². The van der Waals surface area contributed by atoms with Crippen molar-refractivity contribution in [3.05, 3.63) is 22.4 Å². The number of amides is 2. The fourth-order valence-electron chi connectivity index (χ4n) is 1.69. The monoisotopic (exact) mass is 298 g/mol. The third-order valence-electron chi connectivity index (χ3n) is 2.62. The maximum Gasteiger partial charge on any atom is 0.323 e. The summed E-state index contributed by atoms with van der Waals surface area (Å²) in [6.07, 6.45) is 0.668. The summed E-state index contributed by atoms with van der Waals surface area (Å²) in [5.74, 6) is -1.65. The number of carbonyl (C=O) groups is 3. The Morgan fingerprint density at radius 3 is 2.50 bits per heavy atom. The number of aliphatic carboxylic acids is 1. The number of thiophene rings is 1. The second-order valence-corrected chi connectivity index (χ2v) is 5.30. The SMILES string of the molecule is CCCN(CC(=O)O)C(=O)CN(C)C(=O)c1cccs1. The maximum absolute atomic E-state index is 12.0. The van der Waals surface area contributed by atoms with Crippen LogP contribution in [-0.2, 0) is 9.59 Å². The summed E-state index contributed by atoms with van der Waals surface area (Å²) in [4.78, 5) is 37.9. The van der Waals surface area contributed by atoms with E-state index in [-0.39, 0.29) is 24.9 Å². The van der Waals surface area contributed by atoms with Crippen LogP contribution in [0.3, 0.4) is 0 Å². The van der Waals surface area contributed by atoms with E-state index < -0.39 is 5.97 Å². The van der Waals surface area contributed by atoms with Gasteiger partial charge in [-0.25, -0.2) is 0 Å². The van der Waals surface area contributed by atoms with Crippen LogP contribution in [0.25, 0.3) is 0 Å². The molecule has 0 atom stereocenters. The van der Waals surface area contributed by atoms with Gasteiger partial charge in [0.1, 0.15) is 6.54 Å². The average Bonchev–Trinajstić information content (AvgIpc) is 2.90. The Kier molecular flexibility index (Phi) is 6.17. The molecule has 0 radical (unpaired) electrons. The Balaban J connectivity index is 2.62. The van der Waals surface area contributed by atoms with Crippen molar-refractivity contribution in [2.45, 2.75) is 13.3 Å². The highest BCUT2D eigenvalue weighted by atomic mass is 32.1. The van der Waals surface area contributed by atoms with Gasteiger partial charge in [-0.3, -0.25) is 14.4 Å². The Hall–Kier alpha value is -1.89. The Morgan fingerprint density at radius 1 is 1.30 bits per heavy atom. The molecule has 0 spiro atoms. The van der Waals surface area contributed by atoms with Gasteiger partial charge >= 0.3 is 5.97 Å². The second-order valence-electron chi connectivity index (χ2n) is 4.35. The van der Waals surface area contributed by atoms with E-state index in [1.165, 1.54) is 28.2 Å². The van der Waals surface area contributed by atoms with E-state index in [2.05, 4.69) is 0 Å². The minimum Gasteiger partial charge on any atom is -0.480 e. The molecule has 0 aliphatic heterocycles. The zero-order valence-corrected chi connectivity index (χ0v) is 12.4. The molecule has 0 aromatic carbocycles. The number of carbonyl (C=O) groups excluding carboxylic acids is 2. The van der Waals surface area contributed by atoms with Crippen LogP contribution in [0.15, 0.2) is 17.5 Å². The first-order valence-electron chi connectivity index (χ1n) is 6.24. The highest BCUT2D eigenvalue weighted by Gasteiger charge is 2.21. The zero-order chi connectivity index (χ0) is 15.1. The van der Waals surface area contributed by atoms with Crippen molar-refractivity contribution in [2.24, 2.45) is 0 Å². The van der Waals surface area contributed by atoms with Gasteiger partial charge in [0, 0.05) is 13.6 Å². The molecule has 0 aliphatic rings. The molecule has 1 rings (SSSR count). The zero-order valence-electron chi connectivity index (χ0n) is 11.5. The van der Waals surface area contributed by atoms with Gasteiger partial charge in [-0.1, -0.05) is 13.0 Å². The number of carboxylic acids is 1. The van der Waals surface area contributed by atoms with Crippen molar-refractivity contribution in [1.82, 2.24) is 9.80 Å². The number of nitrogens with zero attached hydrogens (tertiary/aromatic N) is 2. The third kappa shape index (κ3) is 4.65. The molecule has 0 saturated heterocycles. The largest absolute Gasteiger partial charge is 0.480 e. The molecule has 0 bridgehead atoms. The van der Waals surface area contributed by atoms with Gasteiger partial charge in [0.15, 0.2) is 0 Å². The standard InChI is InChI=1S/C13H18N2O4S/c1-3-6-15(9-12(17)18)11(16)8-14(2)13(19)10-5-4-7-20-10/h4-5,7H,3,6,8-9H2,1-2H3,(H,17,18). The lowest BCUT2D eigenvalue weighted by atomic mass is 10.3. The van der Waals surface area contributed by atoms with Crippen molar-refractivity contribution in [1.29, 1.82) is 0 Å². The van der Waals surface area contributed by atoms with E-state index >= 15 is 0 Å². The van der Waals surface area contributed by atoms with Crippen LogP contribution in [0.2, 0.25) is 0 Å². The van der Waals surface area contributed by atoms with Crippen molar-refractivity contribution < 1.29 is 19.5 Å². The molecule has 0 unspecified atom stereocenters. The van der Waals surface area contributed by atoms with Gasteiger partial charge in [0.2, 0.25) is 5.91 Å². The fourth-order valence-corrected chi connectivity index (χ4v) is 2.41. The molecule has 2 amide bonds. The summed E-state index contributed by atoms with van der Waals surface area (Å²) in [6, 6.07) is 3.45. The fraction of sp³-hybridized carbons (Fsp3) is 0.462. The first-order chi connectivity index (χ1) is 9.45. The van der Waals surface area contributed by atoms with Crippen LogP contribution < -0.4 is 0 Å². The summed E-state index contributed by atoms with van der Waals surface area (Å²) >= 11 is 1.31. The average molecular weight is 298 g/mol. The van der Waals surface area contributed by atoms with E-state index in [9.17, 15) is 14.4 Å². The Bertz CT molecular complexity index is 473.